The predicted molar refractivity (Wildman–Crippen MR) is 88.1 cm³/mol. The first-order valence-corrected chi connectivity index (χ1v) is 7.96. The molecule has 0 saturated carbocycles. The van der Waals surface area contributed by atoms with Crippen molar-refractivity contribution in [3.63, 3.8) is 0 Å². The summed E-state index contributed by atoms with van der Waals surface area (Å²) in [5.41, 5.74) is -0.514. The van der Waals surface area contributed by atoms with Gasteiger partial charge in [-0.25, -0.2) is 9.97 Å². The number of rotatable bonds is 3. The molecule has 1 aromatic heterocycles. The molecule has 9 heteroatoms. The number of aromatic nitrogens is 2. The first kappa shape index (κ1) is 18.0. The van der Waals surface area contributed by atoms with Gasteiger partial charge in [0.25, 0.3) is 5.91 Å². The van der Waals surface area contributed by atoms with Crippen molar-refractivity contribution in [1.82, 2.24) is 14.9 Å². The summed E-state index contributed by atoms with van der Waals surface area (Å²) in [5.74, 6) is 0.531. The molecule has 6 nitrogen and oxygen atoms in total. The predicted octanol–water partition coefficient (Wildman–Crippen LogP) is 2.47. The van der Waals surface area contributed by atoms with Crippen LogP contribution in [-0.2, 0) is 6.18 Å². The van der Waals surface area contributed by atoms with Gasteiger partial charge in [0, 0.05) is 32.2 Å². The van der Waals surface area contributed by atoms with E-state index in [1.807, 2.05) is 0 Å². The number of hydrogen-bond acceptors (Lipinski definition) is 5. The second-order valence-electron chi connectivity index (χ2n) is 5.74. The molecule has 1 aliphatic rings. The normalized spacial score (nSPS) is 15.1. The number of piperazine rings is 1. The molecule has 1 amide bonds. The molecule has 3 rings (SSSR count). The molecule has 0 radical (unpaired) electrons. The number of carbonyl (C=O) groups excluding carboxylic acids is 1. The van der Waals surface area contributed by atoms with Crippen LogP contribution >= 0.6 is 0 Å². The van der Waals surface area contributed by atoms with E-state index in [9.17, 15) is 18.0 Å². The summed E-state index contributed by atoms with van der Waals surface area (Å²) in [6.45, 7) is 1.52. The standard InChI is InChI=1S/C17H17F3N4O2/c1-26-13-5-3-2-4-12(13)16(25)24-8-6-23(7-9-24)15-10-14(17(18,19)20)21-11-22-15/h2-5,10-11H,6-9H2,1H3. The summed E-state index contributed by atoms with van der Waals surface area (Å²) < 4.78 is 43.6. The molecule has 1 saturated heterocycles. The van der Waals surface area contributed by atoms with Gasteiger partial charge in [0.2, 0.25) is 0 Å². The van der Waals surface area contributed by atoms with Crippen LogP contribution in [0.4, 0.5) is 19.0 Å². The van der Waals surface area contributed by atoms with Gasteiger partial charge >= 0.3 is 6.18 Å². The Morgan fingerprint density at radius 1 is 1.12 bits per heavy atom. The van der Waals surface area contributed by atoms with E-state index in [-0.39, 0.29) is 11.7 Å². The number of anilines is 1. The van der Waals surface area contributed by atoms with Crippen LogP contribution in [0.3, 0.4) is 0 Å². The van der Waals surface area contributed by atoms with E-state index in [4.69, 9.17) is 4.74 Å². The Morgan fingerprint density at radius 2 is 1.81 bits per heavy atom. The lowest BCUT2D eigenvalue weighted by Crippen LogP contribution is -2.49. The minimum Gasteiger partial charge on any atom is -0.496 e. The van der Waals surface area contributed by atoms with E-state index < -0.39 is 11.9 Å². The number of methoxy groups -OCH3 is 1. The Morgan fingerprint density at radius 3 is 2.46 bits per heavy atom. The monoisotopic (exact) mass is 366 g/mol. The highest BCUT2D eigenvalue weighted by molar-refractivity contribution is 5.97. The Kier molecular flexibility index (Phi) is 4.97. The fraction of sp³-hybridized carbons (Fsp3) is 0.353. The number of carbonyl (C=O) groups is 1. The molecule has 138 valence electrons. The van der Waals surface area contributed by atoms with Crippen molar-refractivity contribution >= 4 is 11.7 Å². The van der Waals surface area contributed by atoms with Gasteiger partial charge in [0.05, 0.1) is 12.7 Å². The van der Waals surface area contributed by atoms with Gasteiger partial charge in [-0.05, 0) is 12.1 Å². The van der Waals surface area contributed by atoms with Crippen molar-refractivity contribution in [2.24, 2.45) is 0 Å². The number of nitrogens with zero attached hydrogens (tertiary/aromatic N) is 4. The van der Waals surface area contributed by atoms with Gasteiger partial charge in [0.1, 0.15) is 23.6 Å². The van der Waals surface area contributed by atoms with Crippen molar-refractivity contribution in [2.75, 3.05) is 38.2 Å². The molecule has 26 heavy (non-hydrogen) atoms. The molecule has 0 atom stereocenters. The van der Waals surface area contributed by atoms with Crippen LogP contribution in [0.2, 0.25) is 0 Å². The molecule has 0 aliphatic carbocycles. The minimum absolute atomic E-state index is 0.166. The zero-order chi connectivity index (χ0) is 18.7. The first-order valence-electron chi connectivity index (χ1n) is 7.96. The largest absolute Gasteiger partial charge is 0.496 e. The zero-order valence-electron chi connectivity index (χ0n) is 14.0. The van der Waals surface area contributed by atoms with Crippen molar-refractivity contribution in [3.05, 3.63) is 47.9 Å². The smallest absolute Gasteiger partial charge is 0.433 e. The van der Waals surface area contributed by atoms with Crippen LogP contribution in [0.5, 0.6) is 5.75 Å². The fourth-order valence-electron chi connectivity index (χ4n) is 2.81. The number of halogens is 3. The molecular weight excluding hydrogens is 349 g/mol. The minimum atomic E-state index is -4.51. The van der Waals surface area contributed by atoms with E-state index in [1.165, 1.54) is 7.11 Å². The average molecular weight is 366 g/mol. The summed E-state index contributed by atoms with van der Waals surface area (Å²) in [4.78, 5) is 23.2. The summed E-state index contributed by atoms with van der Waals surface area (Å²) >= 11 is 0. The van der Waals surface area contributed by atoms with Crippen LogP contribution < -0.4 is 9.64 Å². The van der Waals surface area contributed by atoms with E-state index >= 15 is 0 Å². The van der Waals surface area contributed by atoms with E-state index in [1.54, 1.807) is 34.1 Å². The average Bonchev–Trinajstić information content (AvgIpc) is 2.67. The van der Waals surface area contributed by atoms with E-state index in [2.05, 4.69) is 9.97 Å². The van der Waals surface area contributed by atoms with E-state index in [0.717, 1.165) is 12.4 Å². The molecule has 2 heterocycles. The SMILES string of the molecule is COc1ccccc1C(=O)N1CCN(c2cc(C(F)(F)F)ncn2)CC1. The van der Waals surface area contributed by atoms with E-state index in [0.29, 0.717) is 37.5 Å². The topological polar surface area (TPSA) is 58.6 Å². The highest BCUT2D eigenvalue weighted by atomic mass is 19.4. The summed E-state index contributed by atoms with van der Waals surface area (Å²) in [5, 5.41) is 0. The van der Waals surface area contributed by atoms with Crippen LogP contribution in [-0.4, -0.2) is 54.1 Å². The molecule has 1 aliphatic heterocycles. The molecule has 1 fully saturated rings. The Bertz CT molecular complexity index is 790. The van der Waals surface area contributed by atoms with Crippen LogP contribution in [0, 0.1) is 0 Å². The van der Waals surface area contributed by atoms with Crippen LogP contribution in [0.1, 0.15) is 16.1 Å². The lowest BCUT2D eigenvalue weighted by molar-refractivity contribution is -0.141. The maximum atomic E-state index is 12.8. The Balaban J connectivity index is 1.69. The number of ether oxygens (including phenoxy) is 1. The van der Waals surface area contributed by atoms with Gasteiger partial charge in [-0.1, -0.05) is 12.1 Å². The quantitative estimate of drug-likeness (QED) is 0.835. The number of para-hydroxylation sites is 1. The second kappa shape index (κ2) is 7.19. The maximum absolute atomic E-state index is 12.8. The van der Waals surface area contributed by atoms with Crippen molar-refractivity contribution in [3.8, 4) is 5.75 Å². The molecule has 0 bridgehead atoms. The maximum Gasteiger partial charge on any atom is 0.433 e. The van der Waals surface area contributed by atoms with Crippen LogP contribution in [0.25, 0.3) is 0 Å². The van der Waals surface area contributed by atoms with Crippen molar-refractivity contribution < 1.29 is 22.7 Å². The molecule has 1 aromatic carbocycles. The lowest BCUT2D eigenvalue weighted by atomic mass is 10.1. The third-order valence-corrected chi connectivity index (χ3v) is 4.17. The van der Waals surface area contributed by atoms with Gasteiger partial charge in [0.15, 0.2) is 0 Å². The number of benzene rings is 1. The molecule has 0 N–H and O–H groups in total. The van der Waals surface area contributed by atoms with Crippen molar-refractivity contribution in [2.45, 2.75) is 6.18 Å². The van der Waals surface area contributed by atoms with Crippen LogP contribution in [0.15, 0.2) is 36.7 Å². The fourth-order valence-corrected chi connectivity index (χ4v) is 2.81. The molecule has 0 spiro atoms. The third kappa shape index (κ3) is 3.71. The summed E-state index contributed by atoms with van der Waals surface area (Å²) in [6, 6.07) is 7.86. The van der Waals surface area contributed by atoms with Crippen molar-refractivity contribution in [1.29, 1.82) is 0 Å². The summed E-state index contributed by atoms with van der Waals surface area (Å²) in [6.07, 6.45) is -3.61. The zero-order valence-corrected chi connectivity index (χ0v) is 14.0. The van der Waals surface area contributed by atoms with Gasteiger partial charge < -0.3 is 14.5 Å². The first-order chi connectivity index (χ1) is 12.4. The molecular formula is C17H17F3N4O2. The van der Waals surface area contributed by atoms with Gasteiger partial charge in [-0.2, -0.15) is 13.2 Å². The highest BCUT2D eigenvalue weighted by Gasteiger charge is 2.33. The number of alkyl halides is 3. The second-order valence-corrected chi connectivity index (χ2v) is 5.74. The van der Waals surface area contributed by atoms with Gasteiger partial charge in [-0.3, -0.25) is 4.79 Å². The number of amides is 1. The number of hydrogen-bond donors (Lipinski definition) is 0. The lowest BCUT2D eigenvalue weighted by Gasteiger charge is -2.35. The Hall–Kier alpha value is -2.84. The molecule has 0 unspecified atom stereocenters. The molecule has 2 aromatic rings. The summed E-state index contributed by atoms with van der Waals surface area (Å²) in [7, 11) is 1.50. The Labute approximate surface area is 148 Å². The van der Waals surface area contributed by atoms with Gasteiger partial charge in [-0.15, -0.1) is 0 Å². The third-order valence-electron chi connectivity index (χ3n) is 4.17. The highest BCUT2D eigenvalue weighted by Crippen LogP contribution is 2.29.